The maximum atomic E-state index is 14.3. The van der Waals surface area contributed by atoms with Crippen molar-refractivity contribution in [3.8, 4) is 0 Å². The van der Waals surface area contributed by atoms with Gasteiger partial charge in [0.05, 0.1) is 17.9 Å². The first-order chi connectivity index (χ1) is 13.5. The van der Waals surface area contributed by atoms with E-state index < -0.39 is 5.82 Å². The third kappa shape index (κ3) is 4.48. The first kappa shape index (κ1) is 19.8. The molecule has 148 valence electrons. The molecule has 1 aromatic heterocycles. The second-order valence-electron chi connectivity index (χ2n) is 7.02. The molecule has 0 spiro atoms. The van der Waals surface area contributed by atoms with Crippen LogP contribution in [0.25, 0.3) is 11.4 Å². The largest absolute Gasteiger partial charge is 0.396 e. The molecule has 1 aliphatic rings. The summed E-state index contributed by atoms with van der Waals surface area (Å²) in [5.41, 5.74) is 8.38. The average Bonchev–Trinajstić information content (AvgIpc) is 2.69. The fourth-order valence-corrected chi connectivity index (χ4v) is 3.34. The Hall–Kier alpha value is -2.93. The van der Waals surface area contributed by atoms with Gasteiger partial charge in [0.1, 0.15) is 5.82 Å². The maximum Gasteiger partial charge on any atom is 0.242 e. The molecular weight excluding hydrogens is 357 g/mol. The fraction of sp³-hybridized carbons (Fsp3) is 0.333. The number of nitrogens with two attached hydrogens (primary N) is 1. The van der Waals surface area contributed by atoms with Crippen molar-refractivity contribution in [2.45, 2.75) is 0 Å². The van der Waals surface area contributed by atoms with Crippen LogP contribution in [-0.4, -0.2) is 72.4 Å². The normalized spacial score (nSPS) is 15.9. The van der Waals surface area contributed by atoms with Gasteiger partial charge in [-0.1, -0.05) is 12.1 Å². The third-order valence-corrected chi connectivity index (χ3v) is 4.98. The Balaban J connectivity index is 1.90. The van der Waals surface area contributed by atoms with Crippen LogP contribution in [0.2, 0.25) is 0 Å². The predicted octanol–water partition coefficient (Wildman–Crippen LogP) is 1.71. The number of pyridine rings is 1. The molecule has 6 nitrogen and oxygen atoms in total. The highest BCUT2D eigenvalue weighted by Gasteiger charge is 2.23. The minimum atomic E-state index is -0.398. The zero-order chi connectivity index (χ0) is 20.1. The lowest BCUT2D eigenvalue weighted by Crippen LogP contribution is -2.49. The van der Waals surface area contributed by atoms with Crippen molar-refractivity contribution in [2.75, 3.05) is 46.8 Å². The third-order valence-electron chi connectivity index (χ3n) is 4.98. The zero-order valence-corrected chi connectivity index (χ0v) is 16.3. The van der Waals surface area contributed by atoms with E-state index in [2.05, 4.69) is 9.88 Å². The molecule has 1 fully saturated rings. The van der Waals surface area contributed by atoms with Crippen LogP contribution in [0.1, 0.15) is 11.1 Å². The van der Waals surface area contributed by atoms with E-state index in [4.69, 9.17) is 5.73 Å². The van der Waals surface area contributed by atoms with E-state index in [-0.39, 0.29) is 18.1 Å². The van der Waals surface area contributed by atoms with Crippen LogP contribution in [0.4, 0.5) is 4.39 Å². The fourth-order valence-electron chi connectivity index (χ4n) is 3.34. The van der Waals surface area contributed by atoms with E-state index in [1.807, 2.05) is 11.9 Å². The quantitative estimate of drug-likeness (QED) is 0.852. The van der Waals surface area contributed by atoms with Crippen molar-refractivity contribution in [3.05, 3.63) is 65.7 Å². The highest BCUT2D eigenvalue weighted by molar-refractivity contribution is 5.90. The lowest BCUT2D eigenvalue weighted by Gasteiger charge is -2.34. The number of piperazine rings is 1. The standard InChI is InChI=1S/C21H26FN5O/c1-25-11-13-27(14-12-25)19(28)15-26(2)21(16-7-9-24-10-8-16)20(23)17-5-3-4-6-18(17)22/h3-10H,11-15,23H2,1-2H3/b21-20-. The number of likely N-dealkylation sites (N-methyl/N-ethyl adjacent to an activating group) is 2. The topological polar surface area (TPSA) is 65.7 Å². The number of benzene rings is 1. The molecule has 1 amide bonds. The molecule has 0 radical (unpaired) electrons. The van der Waals surface area contributed by atoms with Gasteiger partial charge in [0.15, 0.2) is 0 Å². The molecule has 1 aromatic carbocycles. The number of amides is 1. The van der Waals surface area contributed by atoms with Crippen molar-refractivity contribution in [2.24, 2.45) is 5.73 Å². The van der Waals surface area contributed by atoms with Crippen LogP contribution in [0.5, 0.6) is 0 Å². The van der Waals surface area contributed by atoms with Gasteiger partial charge in [0.25, 0.3) is 0 Å². The predicted molar refractivity (Wildman–Crippen MR) is 108 cm³/mol. The summed E-state index contributed by atoms with van der Waals surface area (Å²) in [6.07, 6.45) is 3.31. The summed E-state index contributed by atoms with van der Waals surface area (Å²) >= 11 is 0. The lowest BCUT2D eigenvalue weighted by atomic mass is 10.0. The number of carbonyl (C=O) groups is 1. The Kier molecular flexibility index (Phi) is 6.26. The number of carbonyl (C=O) groups excluding carboxylic acids is 1. The van der Waals surface area contributed by atoms with Gasteiger partial charge >= 0.3 is 0 Å². The van der Waals surface area contributed by atoms with Gasteiger partial charge in [0, 0.05) is 56.7 Å². The smallest absolute Gasteiger partial charge is 0.242 e. The first-order valence-corrected chi connectivity index (χ1v) is 9.30. The Morgan fingerprint density at radius 3 is 2.43 bits per heavy atom. The molecule has 7 heteroatoms. The molecule has 2 N–H and O–H groups in total. The highest BCUT2D eigenvalue weighted by atomic mass is 19.1. The van der Waals surface area contributed by atoms with E-state index in [1.165, 1.54) is 6.07 Å². The molecule has 2 aromatic rings. The summed E-state index contributed by atoms with van der Waals surface area (Å²) in [4.78, 5) is 22.7. The van der Waals surface area contributed by atoms with E-state index in [1.54, 1.807) is 54.7 Å². The van der Waals surface area contributed by atoms with Crippen molar-refractivity contribution in [3.63, 3.8) is 0 Å². The molecule has 0 unspecified atom stereocenters. The van der Waals surface area contributed by atoms with Crippen LogP contribution in [0.3, 0.4) is 0 Å². The molecule has 28 heavy (non-hydrogen) atoms. The maximum absolute atomic E-state index is 14.3. The SMILES string of the molecule is CN1CCN(C(=O)CN(C)/C(=C(\N)c2ccccc2F)c2ccncc2)CC1. The second-order valence-corrected chi connectivity index (χ2v) is 7.02. The zero-order valence-electron chi connectivity index (χ0n) is 16.3. The van der Waals surface area contributed by atoms with Crippen molar-refractivity contribution in [1.29, 1.82) is 0 Å². The minimum absolute atomic E-state index is 0.0310. The summed E-state index contributed by atoms with van der Waals surface area (Å²) in [7, 11) is 3.85. The molecule has 2 heterocycles. The van der Waals surface area contributed by atoms with Crippen molar-refractivity contribution < 1.29 is 9.18 Å². The number of halogens is 1. The summed E-state index contributed by atoms with van der Waals surface area (Å²) < 4.78 is 14.3. The first-order valence-electron chi connectivity index (χ1n) is 9.30. The monoisotopic (exact) mass is 383 g/mol. The van der Waals surface area contributed by atoms with Crippen LogP contribution in [0, 0.1) is 5.82 Å². The Morgan fingerprint density at radius 1 is 1.14 bits per heavy atom. The van der Waals surface area contributed by atoms with Crippen molar-refractivity contribution >= 4 is 17.3 Å². The van der Waals surface area contributed by atoms with Gasteiger partial charge in [-0.05, 0) is 31.3 Å². The molecule has 0 bridgehead atoms. The van der Waals surface area contributed by atoms with Gasteiger partial charge in [-0.3, -0.25) is 9.78 Å². The number of aromatic nitrogens is 1. The molecular formula is C21H26FN5O. The lowest BCUT2D eigenvalue weighted by molar-refractivity contribution is -0.133. The van der Waals surface area contributed by atoms with Crippen molar-refractivity contribution in [1.82, 2.24) is 19.7 Å². The van der Waals surface area contributed by atoms with E-state index >= 15 is 0 Å². The minimum Gasteiger partial charge on any atom is -0.396 e. The van der Waals surface area contributed by atoms with E-state index in [9.17, 15) is 9.18 Å². The number of rotatable bonds is 5. The number of hydrogen-bond acceptors (Lipinski definition) is 5. The van der Waals surface area contributed by atoms with Gasteiger partial charge in [0.2, 0.25) is 5.91 Å². The van der Waals surface area contributed by atoms with Crippen LogP contribution < -0.4 is 5.73 Å². The molecule has 1 saturated heterocycles. The summed E-state index contributed by atoms with van der Waals surface area (Å²) in [6.45, 7) is 3.30. The van der Waals surface area contributed by atoms with E-state index in [0.717, 1.165) is 18.7 Å². The van der Waals surface area contributed by atoms with Gasteiger partial charge in [-0.2, -0.15) is 0 Å². The average molecular weight is 383 g/mol. The number of hydrogen-bond donors (Lipinski definition) is 1. The van der Waals surface area contributed by atoms with Gasteiger partial charge < -0.3 is 20.4 Å². The molecule has 0 aliphatic carbocycles. The van der Waals surface area contributed by atoms with E-state index in [0.29, 0.717) is 24.4 Å². The van der Waals surface area contributed by atoms with Crippen LogP contribution in [0.15, 0.2) is 48.8 Å². The van der Waals surface area contributed by atoms with Crippen LogP contribution in [-0.2, 0) is 4.79 Å². The van der Waals surface area contributed by atoms with Crippen LogP contribution >= 0.6 is 0 Å². The molecule has 0 atom stereocenters. The summed E-state index contributed by atoms with van der Waals surface area (Å²) in [5.74, 6) is -0.367. The summed E-state index contributed by atoms with van der Waals surface area (Å²) in [5, 5.41) is 0. The Bertz CT molecular complexity index is 847. The van der Waals surface area contributed by atoms with Gasteiger partial charge in [-0.15, -0.1) is 0 Å². The number of nitrogens with zero attached hydrogens (tertiary/aromatic N) is 4. The Labute approximate surface area is 165 Å². The highest BCUT2D eigenvalue weighted by Crippen LogP contribution is 2.26. The second kappa shape index (κ2) is 8.84. The summed E-state index contributed by atoms with van der Waals surface area (Å²) in [6, 6.07) is 9.99. The molecule has 3 rings (SSSR count). The van der Waals surface area contributed by atoms with Gasteiger partial charge in [-0.25, -0.2) is 4.39 Å². The Morgan fingerprint density at radius 2 is 1.79 bits per heavy atom. The molecule has 0 saturated carbocycles. The molecule has 1 aliphatic heterocycles.